The Morgan fingerprint density at radius 2 is 2.09 bits per heavy atom. The molecule has 1 aromatic carbocycles. The number of methoxy groups -OCH3 is 1. The Kier molecular flexibility index (Phi) is 4.17. The fourth-order valence-electron chi connectivity index (χ4n) is 3.51. The zero-order chi connectivity index (χ0) is 16.6. The fourth-order valence-corrected chi connectivity index (χ4v) is 3.51. The molecule has 0 aliphatic carbocycles. The Hall–Kier alpha value is -2.21. The molecule has 1 fully saturated rings. The Morgan fingerprint density at radius 3 is 2.65 bits per heavy atom. The van der Waals surface area contributed by atoms with E-state index < -0.39 is 0 Å². The van der Waals surface area contributed by atoms with Crippen LogP contribution < -0.4 is 21.1 Å². The standard InChI is InChI=1S/C17H25N5O/c1-20-15-4-5-22(11-9-21(2)10-11)16-7-17(23-3)14(19)6-12(16)13(15)8-18/h6-8,11H,4-5,9-10,18-19H2,1-3H3. The first kappa shape index (κ1) is 15.7. The topological polar surface area (TPSA) is 80.1 Å². The van der Waals surface area contributed by atoms with Gasteiger partial charge in [0.25, 0.3) is 0 Å². The Bertz CT molecular complexity index is 661. The largest absolute Gasteiger partial charge is 0.495 e. The minimum atomic E-state index is 0.502. The van der Waals surface area contributed by atoms with Gasteiger partial charge >= 0.3 is 0 Å². The molecule has 124 valence electrons. The lowest BCUT2D eigenvalue weighted by molar-refractivity contribution is 0.183. The van der Waals surface area contributed by atoms with Crippen LogP contribution in [0.4, 0.5) is 11.4 Å². The molecule has 0 amide bonds. The van der Waals surface area contributed by atoms with Gasteiger partial charge in [0.05, 0.1) is 18.8 Å². The third-order valence-corrected chi connectivity index (χ3v) is 4.77. The van der Waals surface area contributed by atoms with Gasteiger partial charge in [0.15, 0.2) is 0 Å². The van der Waals surface area contributed by atoms with Crippen molar-refractivity contribution in [2.75, 3.05) is 51.5 Å². The van der Waals surface area contributed by atoms with Crippen molar-refractivity contribution in [2.24, 2.45) is 10.7 Å². The second kappa shape index (κ2) is 6.12. The number of nitrogens with two attached hydrogens (primary N) is 2. The number of hydrogen-bond donors (Lipinski definition) is 2. The van der Waals surface area contributed by atoms with Crippen LogP contribution >= 0.6 is 0 Å². The zero-order valence-electron chi connectivity index (χ0n) is 14.0. The quantitative estimate of drug-likeness (QED) is 0.801. The van der Waals surface area contributed by atoms with E-state index in [1.54, 1.807) is 13.3 Å². The van der Waals surface area contributed by atoms with Crippen molar-refractivity contribution in [2.45, 2.75) is 12.5 Å². The minimum Gasteiger partial charge on any atom is -0.495 e. The molecule has 23 heavy (non-hydrogen) atoms. The van der Waals surface area contributed by atoms with Crippen molar-refractivity contribution in [3.05, 3.63) is 23.9 Å². The number of nitrogen functional groups attached to an aromatic ring is 1. The van der Waals surface area contributed by atoms with Gasteiger partial charge < -0.3 is 26.0 Å². The van der Waals surface area contributed by atoms with Gasteiger partial charge in [-0.15, -0.1) is 0 Å². The molecular formula is C17H25N5O. The van der Waals surface area contributed by atoms with Gasteiger partial charge in [-0.2, -0.15) is 0 Å². The summed E-state index contributed by atoms with van der Waals surface area (Å²) < 4.78 is 5.43. The molecule has 0 spiro atoms. The Balaban J connectivity index is 2.14. The molecule has 2 heterocycles. The van der Waals surface area contributed by atoms with Crippen molar-refractivity contribution in [1.82, 2.24) is 4.90 Å². The minimum absolute atomic E-state index is 0.502. The van der Waals surface area contributed by atoms with Gasteiger partial charge in [0.1, 0.15) is 5.75 Å². The first-order chi connectivity index (χ1) is 11.1. The highest BCUT2D eigenvalue weighted by Crippen LogP contribution is 2.40. The number of aliphatic imine (C=N–C) groups is 1. The second-order valence-electron chi connectivity index (χ2n) is 6.18. The third-order valence-electron chi connectivity index (χ3n) is 4.77. The lowest BCUT2D eigenvalue weighted by atomic mass is 9.98. The highest BCUT2D eigenvalue weighted by atomic mass is 16.5. The van der Waals surface area contributed by atoms with E-state index in [1.807, 2.05) is 19.2 Å². The summed E-state index contributed by atoms with van der Waals surface area (Å²) >= 11 is 0. The van der Waals surface area contributed by atoms with Gasteiger partial charge in [0.2, 0.25) is 0 Å². The van der Waals surface area contributed by atoms with Crippen LogP contribution in [0.15, 0.2) is 23.3 Å². The van der Waals surface area contributed by atoms with Crippen molar-refractivity contribution in [3.63, 3.8) is 0 Å². The average Bonchev–Trinajstić information content (AvgIpc) is 2.66. The number of ether oxygens (including phenoxy) is 1. The van der Waals surface area contributed by atoms with Crippen LogP contribution in [-0.4, -0.2) is 57.5 Å². The maximum absolute atomic E-state index is 6.14. The number of hydrogen-bond acceptors (Lipinski definition) is 6. The van der Waals surface area contributed by atoms with Crippen LogP contribution in [0.1, 0.15) is 12.0 Å². The number of fused-ring (bicyclic) bond motifs is 1. The van der Waals surface area contributed by atoms with E-state index in [-0.39, 0.29) is 0 Å². The molecule has 2 aliphatic rings. The average molecular weight is 315 g/mol. The van der Waals surface area contributed by atoms with Crippen LogP contribution in [0.5, 0.6) is 5.75 Å². The van der Waals surface area contributed by atoms with Crippen molar-refractivity contribution < 1.29 is 4.74 Å². The van der Waals surface area contributed by atoms with E-state index in [4.69, 9.17) is 16.2 Å². The number of allylic oxidation sites excluding steroid dienone is 1. The van der Waals surface area contributed by atoms with Crippen LogP contribution in [-0.2, 0) is 0 Å². The SMILES string of the molecule is CN=C1CCN(C2CN(C)C2)c2cc(OC)c(N)cc2C1=CN. The summed E-state index contributed by atoms with van der Waals surface area (Å²) in [5.41, 5.74) is 16.8. The van der Waals surface area contributed by atoms with Crippen molar-refractivity contribution >= 4 is 22.7 Å². The van der Waals surface area contributed by atoms with Crippen LogP contribution in [0.3, 0.4) is 0 Å². The molecule has 0 saturated carbocycles. The number of anilines is 2. The summed E-state index contributed by atoms with van der Waals surface area (Å²) in [4.78, 5) is 9.20. The maximum atomic E-state index is 6.14. The van der Waals surface area contributed by atoms with Gasteiger partial charge in [-0.1, -0.05) is 0 Å². The first-order valence-corrected chi connectivity index (χ1v) is 7.90. The van der Waals surface area contributed by atoms with Crippen molar-refractivity contribution in [1.29, 1.82) is 0 Å². The van der Waals surface area contributed by atoms with Crippen LogP contribution in [0.2, 0.25) is 0 Å². The molecule has 2 aliphatic heterocycles. The molecule has 0 aromatic heterocycles. The van der Waals surface area contributed by atoms with Crippen LogP contribution in [0, 0.1) is 0 Å². The van der Waals surface area contributed by atoms with E-state index >= 15 is 0 Å². The van der Waals surface area contributed by atoms with Gasteiger partial charge in [0, 0.05) is 67.9 Å². The molecule has 6 nitrogen and oxygen atoms in total. The molecule has 0 unspecified atom stereocenters. The molecule has 0 bridgehead atoms. The van der Waals surface area contributed by atoms with Crippen LogP contribution in [0.25, 0.3) is 5.57 Å². The predicted molar refractivity (Wildman–Crippen MR) is 96.2 cm³/mol. The normalized spacial score (nSPS) is 22.8. The summed E-state index contributed by atoms with van der Waals surface area (Å²) in [6, 6.07) is 4.49. The Labute approximate surface area is 137 Å². The molecule has 1 saturated heterocycles. The lowest BCUT2D eigenvalue weighted by Crippen LogP contribution is -2.58. The summed E-state index contributed by atoms with van der Waals surface area (Å²) in [5, 5.41) is 0. The van der Waals surface area contributed by atoms with E-state index in [0.29, 0.717) is 17.5 Å². The van der Waals surface area contributed by atoms with Gasteiger partial charge in [-0.3, -0.25) is 4.99 Å². The summed E-state index contributed by atoms with van der Waals surface area (Å²) in [7, 11) is 5.61. The monoisotopic (exact) mass is 315 g/mol. The second-order valence-corrected chi connectivity index (χ2v) is 6.18. The Morgan fingerprint density at radius 1 is 1.35 bits per heavy atom. The number of nitrogens with zero attached hydrogens (tertiary/aromatic N) is 3. The number of likely N-dealkylation sites (tertiary alicyclic amines) is 1. The molecule has 0 radical (unpaired) electrons. The first-order valence-electron chi connectivity index (χ1n) is 7.90. The summed E-state index contributed by atoms with van der Waals surface area (Å²) in [6.07, 6.45) is 2.51. The molecule has 4 N–H and O–H groups in total. The van der Waals surface area contributed by atoms with E-state index in [1.165, 1.54) is 0 Å². The highest BCUT2D eigenvalue weighted by molar-refractivity contribution is 6.26. The maximum Gasteiger partial charge on any atom is 0.143 e. The smallest absolute Gasteiger partial charge is 0.143 e. The third kappa shape index (κ3) is 2.63. The fraction of sp³-hybridized carbons (Fsp3) is 0.471. The predicted octanol–water partition coefficient (Wildman–Crippen LogP) is 1.17. The highest BCUT2D eigenvalue weighted by Gasteiger charge is 2.33. The summed E-state index contributed by atoms with van der Waals surface area (Å²) in [5.74, 6) is 0.703. The van der Waals surface area contributed by atoms with Gasteiger partial charge in [-0.25, -0.2) is 0 Å². The van der Waals surface area contributed by atoms with Crippen molar-refractivity contribution in [3.8, 4) is 5.75 Å². The molecule has 0 atom stereocenters. The number of likely N-dealkylation sites (N-methyl/N-ethyl adjacent to an activating group) is 1. The lowest BCUT2D eigenvalue weighted by Gasteiger charge is -2.45. The summed E-state index contributed by atoms with van der Waals surface area (Å²) in [6.45, 7) is 3.04. The van der Waals surface area contributed by atoms with E-state index in [0.717, 1.165) is 48.6 Å². The number of benzene rings is 1. The molecule has 6 heteroatoms. The molecule has 1 aromatic rings. The van der Waals surface area contributed by atoms with Gasteiger partial charge in [-0.05, 0) is 13.1 Å². The molecular weight excluding hydrogens is 290 g/mol. The van der Waals surface area contributed by atoms with E-state index in [9.17, 15) is 0 Å². The van der Waals surface area contributed by atoms with E-state index in [2.05, 4.69) is 21.8 Å². The molecule has 3 rings (SSSR count). The number of rotatable bonds is 2. The zero-order valence-corrected chi connectivity index (χ0v) is 14.0.